The first-order valence-electron chi connectivity index (χ1n) is 15.9. The number of methoxy groups -OCH3 is 1. The van der Waals surface area contributed by atoms with Gasteiger partial charge in [-0.25, -0.2) is 13.8 Å². The van der Waals surface area contributed by atoms with Gasteiger partial charge in [0.1, 0.15) is 18.1 Å². The predicted octanol–water partition coefficient (Wildman–Crippen LogP) is 7.33. The van der Waals surface area contributed by atoms with Crippen molar-refractivity contribution >= 4 is 5.91 Å². The highest BCUT2D eigenvalue weighted by molar-refractivity contribution is 5.82. The number of rotatable bonds is 10. The maximum atomic E-state index is 16.3. The van der Waals surface area contributed by atoms with Crippen LogP contribution < -0.4 is 5.32 Å². The monoisotopic (exact) mass is 605 g/mol. The van der Waals surface area contributed by atoms with Crippen molar-refractivity contribution in [1.82, 2.24) is 14.9 Å². The number of nitrogens with one attached hydrogen (secondary N) is 1. The molecule has 2 aromatic carbocycles. The molecule has 1 aliphatic heterocycles. The van der Waals surface area contributed by atoms with Gasteiger partial charge in [0.15, 0.2) is 23.0 Å². The third kappa shape index (κ3) is 5.99. The number of imidazole rings is 1. The molecule has 234 valence electrons. The van der Waals surface area contributed by atoms with Gasteiger partial charge in [-0.15, -0.1) is 0 Å². The van der Waals surface area contributed by atoms with Crippen molar-refractivity contribution in [3.8, 4) is 11.4 Å². The molecule has 0 bridgehead atoms. The Kier molecular flexibility index (Phi) is 9.31. The molecule has 2 atom stereocenters. The quantitative estimate of drug-likeness (QED) is 0.262. The number of nitrogens with zero attached hydrogens (tertiary/aromatic N) is 2. The molecule has 1 aromatic heterocycles. The molecule has 6 rings (SSSR count). The molecule has 0 radical (unpaired) electrons. The lowest BCUT2D eigenvalue weighted by Gasteiger charge is -2.36. The fraction of sp³-hybridized carbons (Fsp3) is 0.486. The van der Waals surface area contributed by atoms with Crippen LogP contribution in [0, 0.1) is 17.6 Å². The van der Waals surface area contributed by atoms with E-state index in [1.165, 1.54) is 25.9 Å². The Hall–Kier alpha value is -3.72. The summed E-state index contributed by atoms with van der Waals surface area (Å²) in [5.41, 5.74) is -0.197. The summed E-state index contributed by atoms with van der Waals surface area (Å²) in [6, 6.07) is 11.8. The minimum atomic E-state index is -1.37. The average Bonchev–Trinajstić information content (AvgIpc) is 3.77. The van der Waals surface area contributed by atoms with Crippen molar-refractivity contribution in [2.24, 2.45) is 5.92 Å². The number of halogens is 2. The SMILES string of the molecule is COC(Cc1ccccc1)(C1=COCO1)c1ccc(F)c(F)c1-c1nccn1C(C(=O)NC1CCCCC1)C1CCCCC1. The second-order valence-electron chi connectivity index (χ2n) is 12.2. The molecular formula is C35H41F2N3O4. The number of carbonyl (C=O) groups excluding carboxylic acids is 1. The van der Waals surface area contributed by atoms with Gasteiger partial charge in [0.25, 0.3) is 0 Å². The summed E-state index contributed by atoms with van der Waals surface area (Å²) in [6.45, 7) is -0.0199. The second kappa shape index (κ2) is 13.5. The number of hydrogen-bond acceptors (Lipinski definition) is 5. The number of carbonyl (C=O) groups is 1. The van der Waals surface area contributed by atoms with E-state index in [1.54, 1.807) is 17.0 Å². The lowest BCUT2D eigenvalue weighted by Crippen LogP contribution is -2.43. The summed E-state index contributed by atoms with van der Waals surface area (Å²) in [5, 5.41) is 3.32. The minimum Gasteiger partial charge on any atom is -0.461 e. The molecule has 2 heterocycles. The molecule has 3 aromatic rings. The van der Waals surface area contributed by atoms with E-state index >= 15 is 8.78 Å². The summed E-state index contributed by atoms with van der Waals surface area (Å²) in [7, 11) is 1.52. The van der Waals surface area contributed by atoms with E-state index in [9.17, 15) is 4.79 Å². The molecule has 0 saturated heterocycles. The highest BCUT2D eigenvalue weighted by Gasteiger charge is 2.45. The molecule has 3 aliphatic rings. The predicted molar refractivity (Wildman–Crippen MR) is 162 cm³/mol. The Morgan fingerprint density at radius 3 is 2.45 bits per heavy atom. The molecule has 9 heteroatoms. The van der Waals surface area contributed by atoms with Crippen LogP contribution in [0.2, 0.25) is 0 Å². The Balaban J connectivity index is 1.49. The van der Waals surface area contributed by atoms with Gasteiger partial charge >= 0.3 is 0 Å². The maximum absolute atomic E-state index is 16.3. The van der Waals surface area contributed by atoms with E-state index in [4.69, 9.17) is 14.2 Å². The highest BCUT2D eigenvalue weighted by atomic mass is 19.2. The van der Waals surface area contributed by atoms with Gasteiger partial charge in [-0.1, -0.05) is 74.9 Å². The van der Waals surface area contributed by atoms with Crippen LogP contribution in [0.3, 0.4) is 0 Å². The fourth-order valence-corrected chi connectivity index (χ4v) is 7.32. The zero-order valence-corrected chi connectivity index (χ0v) is 25.3. The van der Waals surface area contributed by atoms with E-state index in [2.05, 4.69) is 10.3 Å². The first kappa shape index (κ1) is 30.3. The lowest BCUT2D eigenvalue weighted by atomic mass is 9.81. The van der Waals surface area contributed by atoms with E-state index < -0.39 is 23.3 Å². The summed E-state index contributed by atoms with van der Waals surface area (Å²) >= 11 is 0. The molecule has 2 aliphatic carbocycles. The molecule has 2 fully saturated rings. The molecule has 2 unspecified atom stereocenters. The van der Waals surface area contributed by atoms with Crippen LogP contribution in [0.5, 0.6) is 0 Å². The van der Waals surface area contributed by atoms with Crippen molar-refractivity contribution in [2.75, 3.05) is 13.9 Å². The number of benzene rings is 2. The number of aromatic nitrogens is 2. The van der Waals surface area contributed by atoms with Crippen LogP contribution in [0.4, 0.5) is 8.78 Å². The zero-order valence-electron chi connectivity index (χ0n) is 25.3. The van der Waals surface area contributed by atoms with Crippen LogP contribution in [0.1, 0.15) is 81.4 Å². The number of amides is 1. The summed E-state index contributed by atoms with van der Waals surface area (Å²) < 4.78 is 50.8. The van der Waals surface area contributed by atoms with Gasteiger partial charge in [-0.2, -0.15) is 0 Å². The number of hydrogen-bond donors (Lipinski definition) is 1. The second-order valence-corrected chi connectivity index (χ2v) is 12.2. The molecular weight excluding hydrogens is 564 g/mol. The number of ether oxygens (including phenoxy) is 3. The normalized spacial score (nSPS) is 19.8. The molecule has 2 saturated carbocycles. The van der Waals surface area contributed by atoms with Crippen molar-refractivity contribution in [2.45, 2.75) is 88.3 Å². The summed E-state index contributed by atoms with van der Waals surface area (Å²) in [5.74, 6) is -1.58. The van der Waals surface area contributed by atoms with Crippen LogP contribution in [0.25, 0.3) is 11.4 Å². The topological polar surface area (TPSA) is 74.6 Å². The first-order chi connectivity index (χ1) is 21.5. The Bertz CT molecular complexity index is 1460. The van der Waals surface area contributed by atoms with Crippen molar-refractivity contribution < 1.29 is 27.8 Å². The Labute approximate surface area is 257 Å². The maximum Gasteiger partial charge on any atom is 0.243 e. The van der Waals surface area contributed by atoms with E-state index in [0.29, 0.717) is 11.3 Å². The van der Waals surface area contributed by atoms with Gasteiger partial charge in [-0.3, -0.25) is 4.79 Å². The van der Waals surface area contributed by atoms with Gasteiger partial charge < -0.3 is 24.1 Å². The van der Waals surface area contributed by atoms with Crippen LogP contribution in [0.15, 0.2) is 66.9 Å². The fourth-order valence-electron chi connectivity index (χ4n) is 7.32. The summed E-state index contributed by atoms with van der Waals surface area (Å²) in [6.07, 6.45) is 15.2. The van der Waals surface area contributed by atoms with Gasteiger partial charge in [0, 0.05) is 37.5 Å². The van der Waals surface area contributed by atoms with E-state index in [0.717, 1.165) is 69.4 Å². The first-order valence-corrected chi connectivity index (χ1v) is 15.9. The van der Waals surface area contributed by atoms with E-state index in [1.807, 2.05) is 30.3 Å². The molecule has 1 N–H and O–H groups in total. The minimum absolute atomic E-state index is 0.0199. The smallest absolute Gasteiger partial charge is 0.243 e. The molecule has 44 heavy (non-hydrogen) atoms. The summed E-state index contributed by atoms with van der Waals surface area (Å²) in [4.78, 5) is 18.7. The third-order valence-corrected chi connectivity index (χ3v) is 9.55. The van der Waals surface area contributed by atoms with Gasteiger partial charge in [0.05, 0.1) is 5.56 Å². The van der Waals surface area contributed by atoms with Crippen LogP contribution in [-0.2, 0) is 31.0 Å². The van der Waals surface area contributed by atoms with Crippen molar-refractivity contribution in [3.63, 3.8) is 0 Å². The molecule has 7 nitrogen and oxygen atoms in total. The molecule has 1 amide bonds. The standard InChI is InChI=1S/C35H41F2N3O4/c1-42-35(29-22-43-23-44-29,21-24-11-5-2-6-12-24)27-17-18-28(36)31(37)30(27)33-38-19-20-40(33)32(25-13-7-3-8-14-25)34(41)39-26-15-9-4-10-16-26/h2,5-6,11-12,17-20,22,25-26,32H,3-4,7-10,13-16,21,23H2,1H3,(H,39,41). The highest BCUT2D eigenvalue weighted by Crippen LogP contribution is 2.45. The van der Waals surface area contributed by atoms with Crippen molar-refractivity contribution in [3.05, 3.63) is 89.6 Å². The van der Waals surface area contributed by atoms with Gasteiger partial charge in [0.2, 0.25) is 12.7 Å². The van der Waals surface area contributed by atoms with Crippen LogP contribution in [-0.4, -0.2) is 35.4 Å². The average molecular weight is 606 g/mol. The van der Waals surface area contributed by atoms with Gasteiger partial charge in [-0.05, 0) is 43.2 Å². The Morgan fingerprint density at radius 2 is 1.77 bits per heavy atom. The van der Waals surface area contributed by atoms with Crippen molar-refractivity contribution in [1.29, 1.82) is 0 Å². The van der Waals surface area contributed by atoms with E-state index in [-0.39, 0.29) is 42.5 Å². The Morgan fingerprint density at radius 1 is 1.05 bits per heavy atom. The largest absolute Gasteiger partial charge is 0.461 e. The zero-order chi connectivity index (χ0) is 30.5. The lowest BCUT2D eigenvalue weighted by molar-refractivity contribution is -0.127. The van der Waals surface area contributed by atoms with Crippen LogP contribution >= 0.6 is 0 Å². The molecule has 0 spiro atoms. The third-order valence-electron chi connectivity index (χ3n) is 9.55.